The summed E-state index contributed by atoms with van der Waals surface area (Å²) in [4.78, 5) is 0. The number of aliphatic hydroxyl groups is 1. The fraction of sp³-hybridized carbons (Fsp3) is 0.250. The van der Waals surface area contributed by atoms with Gasteiger partial charge >= 0.3 is 0 Å². The molecule has 3 heteroatoms. The third-order valence-corrected chi connectivity index (χ3v) is 2.94. The molecule has 0 aliphatic carbocycles. The zero-order valence-electron chi connectivity index (χ0n) is 10.6. The summed E-state index contributed by atoms with van der Waals surface area (Å²) in [5.41, 5.74) is 1.41. The van der Waals surface area contributed by atoms with Crippen LogP contribution in [-0.4, -0.2) is 11.7 Å². The number of halogens is 1. The highest BCUT2D eigenvalue weighted by atomic mass is 19.1. The van der Waals surface area contributed by atoms with Crippen LogP contribution in [0.5, 0.6) is 0 Å². The third kappa shape index (κ3) is 4.16. The summed E-state index contributed by atoms with van der Waals surface area (Å²) in [6, 6.07) is 16.0. The van der Waals surface area contributed by atoms with Crippen LogP contribution in [-0.2, 0) is 11.3 Å². The van der Waals surface area contributed by atoms with Crippen molar-refractivity contribution in [1.82, 2.24) is 0 Å². The molecule has 0 spiro atoms. The third-order valence-electron chi connectivity index (χ3n) is 2.94. The van der Waals surface area contributed by atoms with Gasteiger partial charge in [-0.25, -0.2) is 4.39 Å². The number of aliphatic hydroxyl groups excluding tert-OH is 1. The van der Waals surface area contributed by atoms with Crippen LogP contribution in [0, 0.1) is 5.82 Å². The summed E-state index contributed by atoms with van der Waals surface area (Å²) in [7, 11) is 0. The second-order valence-electron chi connectivity index (χ2n) is 4.36. The molecule has 2 nitrogen and oxygen atoms in total. The number of ether oxygens (including phenoxy) is 1. The first-order valence-electron chi connectivity index (χ1n) is 6.31. The molecule has 0 aliphatic rings. The average Bonchev–Trinajstić information content (AvgIpc) is 2.46. The largest absolute Gasteiger partial charge is 0.388 e. The maximum Gasteiger partial charge on any atom is 0.128 e. The first-order chi connectivity index (χ1) is 9.27. The van der Waals surface area contributed by atoms with Gasteiger partial charge in [0.25, 0.3) is 0 Å². The normalized spacial score (nSPS) is 12.3. The Morgan fingerprint density at radius 1 is 1.00 bits per heavy atom. The van der Waals surface area contributed by atoms with Crippen molar-refractivity contribution in [2.75, 3.05) is 6.61 Å². The molecule has 0 aliphatic heterocycles. The predicted octanol–water partition coefficient (Wildman–Crippen LogP) is 3.47. The first-order valence-corrected chi connectivity index (χ1v) is 6.31. The lowest BCUT2D eigenvalue weighted by Gasteiger charge is -2.11. The standard InChI is InChI=1S/C16H17FO2/c17-15-9-5-4-8-14(15)12-19-11-10-16(18)13-6-2-1-3-7-13/h1-9,16,18H,10-12H2. The molecular weight excluding hydrogens is 243 g/mol. The molecular formula is C16H17FO2. The SMILES string of the molecule is OC(CCOCc1ccccc1F)c1ccccc1. The van der Waals surface area contributed by atoms with Gasteiger partial charge in [-0.3, -0.25) is 0 Å². The van der Waals surface area contributed by atoms with Crippen LogP contribution in [0.1, 0.15) is 23.7 Å². The Kier molecular flexibility index (Phi) is 5.07. The van der Waals surface area contributed by atoms with Crippen molar-refractivity contribution >= 4 is 0 Å². The van der Waals surface area contributed by atoms with E-state index in [-0.39, 0.29) is 12.4 Å². The van der Waals surface area contributed by atoms with Crippen molar-refractivity contribution in [3.63, 3.8) is 0 Å². The van der Waals surface area contributed by atoms with Gasteiger partial charge in [0.1, 0.15) is 5.82 Å². The summed E-state index contributed by atoms with van der Waals surface area (Å²) in [6.07, 6.45) is -0.0415. The van der Waals surface area contributed by atoms with Crippen LogP contribution in [0.25, 0.3) is 0 Å². The van der Waals surface area contributed by atoms with Gasteiger partial charge in [0.2, 0.25) is 0 Å². The minimum atomic E-state index is -0.540. The molecule has 2 aromatic carbocycles. The van der Waals surface area contributed by atoms with Crippen molar-refractivity contribution in [3.05, 3.63) is 71.5 Å². The van der Waals surface area contributed by atoms with Gasteiger partial charge in [-0.15, -0.1) is 0 Å². The van der Waals surface area contributed by atoms with E-state index < -0.39 is 6.10 Å². The van der Waals surface area contributed by atoms with Crippen molar-refractivity contribution in [3.8, 4) is 0 Å². The summed E-state index contributed by atoms with van der Waals surface area (Å²) in [5, 5.41) is 9.92. The molecule has 0 amide bonds. The summed E-state index contributed by atoms with van der Waals surface area (Å²) in [6.45, 7) is 0.624. The quantitative estimate of drug-likeness (QED) is 0.806. The van der Waals surface area contributed by atoms with E-state index >= 15 is 0 Å². The Labute approximate surface area is 112 Å². The highest BCUT2D eigenvalue weighted by Crippen LogP contribution is 2.16. The molecule has 0 bridgehead atoms. The molecule has 0 saturated carbocycles. The second kappa shape index (κ2) is 7.02. The Bertz CT molecular complexity index is 499. The lowest BCUT2D eigenvalue weighted by atomic mass is 10.1. The number of hydrogen-bond acceptors (Lipinski definition) is 2. The molecule has 2 rings (SSSR count). The summed E-state index contributed by atoms with van der Waals surface area (Å²) >= 11 is 0. The zero-order chi connectivity index (χ0) is 13.5. The number of hydrogen-bond donors (Lipinski definition) is 1. The zero-order valence-corrected chi connectivity index (χ0v) is 10.6. The smallest absolute Gasteiger partial charge is 0.128 e. The molecule has 100 valence electrons. The molecule has 1 atom stereocenters. The van der Waals surface area contributed by atoms with Crippen molar-refractivity contribution in [2.24, 2.45) is 0 Å². The van der Waals surface area contributed by atoms with Crippen LogP contribution < -0.4 is 0 Å². The maximum absolute atomic E-state index is 13.3. The Morgan fingerprint density at radius 3 is 2.42 bits per heavy atom. The van der Waals surface area contributed by atoms with E-state index in [1.807, 2.05) is 30.3 Å². The van der Waals surface area contributed by atoms with Crippen molar-refractivity contribution in [2.45, 2.75) is 19.1 Å². The van der Waals surface area contributed by atoms with E-state index in [0.717, 1.165) is 5.56 Å². The summed E-state index contributed by atoms with van der Waals surface area (Å²) in [5.74, 6) is -0.258. The molecule has 0 aromatic heterocycles. The Morgan fingerprint density at radius 2 is 1.68 bits per heavy atom. The Balaban J connectivity index is 1.74. The molecule has 1 N–H and O–H groups in total. The molecule has 0 radical (unpaired) electrons. The summed E-state index contributed by atoms with van der Waals surface area (Å²) < 4.78 is 18.7. The van der Waals surface area contributed by atoms with Crippen molar-refractivity contribution in [1.29, 1.82) is 0 Å². The van der Waals surface area contributed by atoms with Crippen LogP contribution >= 0.6 is 0 Å². The van der Waals surface area contributed by atoms with Gasteiger partial charge in [-0.05, 0) is 11.6 Å². The van der Waals surface area contributed by atoms with Crippen molar-refractivity contribution < 1.29 is 14.2 Å². The molecule has 0 fully saturated rings. The van der Waals surface area contributed by atoms with Gasteiger partial charge in [0.05, 0.1) is 12.7 Å². The molecule has 2 aromatic rings. The van der Waals surface area contributed by atoms with E-state index in [1.54, 1.807) is 18.2 Å². The van der Waals surface area contributed by atoms with E-state index in [2.05, 4.69) is 0 Å². The van der Waals surface area contributed by atoms with Gasteiger partial charge in [0.15, 0.2) is 0 Å². The van der Waals surface area contributed by atoms with Gasteiger partial charge in [0, 0.05) is 18.6 Å². The first kappa shape index (κ1) is 13.7. The Hall–Kier alpha value is -1.71. The maximum atomic E-state index is 13.3. The minimum Gasteiger partial charge on any atom is -0.388 e. The molecule has 1 unspecified atom stereocenters. The lowest BCUT2D eigenvalue weighted by Crippen LogP contribution is -2.04. The van der Waals surface area contributed by atoms with E-state index in [1.165, 1.54) is 6.07 Å². The minimum absolute atomic E-state index is 0.230. The molecule has 0 saturated heterocycles. The number of benzene rings is 2. The van der Waals surface area contributed by atoms with Gasteiger partial charge in [-0.2, -0.15) is 0 Å². The predicted molar refractivity (Wildman–Crippen MR) is 72.1 cm³/mol. The fourth-order valence-electron chi connectivity index (χ4n) is 1.83. The second-order valence-corrected chi connectivity index (χ2v) is 4.36. The average molecular weight is 260 g/mol. The van der Waals surface area contributed by atoms with Gasteiger partial charge in [-0.1, -0.05) is 48.5 Å². The van der Waals surface area contributed by atoms with E-state index in [0.29, 0.717) is 18.6 Å². The monoisotopic (exact) mass is 260 g/mol. The van der Waals surface area contributed by atoms with Crippen LogP contribution in [0.2, 0.25) is 0 Å². The van der Waals surface area contributed by atoms with Crippen LogP contribution in [0.4, 0.5) is 4.39 Å². The topological polar surface area (TPSA) is 29.5 Å². The fourth-order valence-corrected chi connectivity index (χ4v) is 1.83. The highest BCUT2D eigenvalue weighted by molar-refractivity contribution is 5.17. The van der Waals surface area contributed by atoms with E-state index in [9.17, 15) is 9.50 Å². The lowest BCUT2D eigenvalue weighted by molar-refractivity contribution is 0.0721. The molecule has 0 heterocycles. The number of rotatable bonds is 6. The van der Waals surface area contributed by atoms with E-state index in [4.69, 9.17) is 4.74 Å². The van der Waals surface area contributed by atoms with Gasteiger partial charge < -0.3 is 9.84 Å². The highest BCUT2D eigenvalue weighted by Gasteiger charge is 2.07. The molecule has 19 heavy (non-hydrogen) atoms. The van der Waals surface area contributed by atoms with Crippen LogP contribution in [0.15, 0.2) is 54.6 Å². The van der Waals surface area contributed by atoms with Crippen LogP contribution in [0.3, 0.4) is 0 Å².